The Morgan fingerprint density at radius 2 is 1.33 bits per heavy atom. The van der Waals surface area contributed by atoms with Crippen molar-refractivity contribution in [2.24, 2.45) is 27.9 Å². The van der Waals surface area contributed by atoms with Crippen LogP contribution in [-0.4, -0.2) is 6.54 Å². The molecule has 0 bridgehead atoms. The topological polar surface area (TPSA) is 26.0 Å². The molecule has 0 aliphatic heterocycles. The Morgan fingerprint density at radius 3 is 1.72 bits per heavy atom. The SMILES string of the molecule is CC(CCN)CC(C)(C)CC(C)(C)CC(C)(C)C. The molecule has 110 valence electrons. The molecule has 0 saturated heterocycles. The molecule has 0 aromatic rings. The molecule has 0 aliphatic rings. The highest BCUT2D eigenvalue weighted by Crippen LogP contribution is 2.44. The van der Waals surface area contributed by atoms with E-state index in [1.165, 1.54) is 19.3 Å². The Labute approximate surface area is 116 Å². The maximum absolute atomic E-state index is 5.66. The van der Waals surface area contributed by atoms with Crippen LogP contribution in [0.15, 0.2) is 0 Å². The predicted molar refractivity (Wildman–Crippen MR) is 83.7 cm³/mol. The molecule has 1 nitrogen and oxygen atoms in total. The van der Waals surface area contributed by atoms with Gasteiger partial charge in [0.05, 0.1) is 0 Å². The first-order chi connectivity index (χ1) is 7.87. The lowest BCUT2D eigenvalue weighted by Crippen LogP contribution is -2.29. The molecule has 1 unspecified atom stereocenters. The van der Waals surface area contributed by atoms with Crippen molar-refractivity contribution >= 4 is 0 Å². The second-order valence-electron chi connectivity index (χ2n) is 9.13. The molecule has 2 N–H and O–H groups in total. The van der Waals surface area contributed by atoms with Crippen molar-refractivity contribution in [3.8, 4) is 0 Å². The van der Waals surface area contributed by atoms with Gasteiger partial charge in [-0.1, -0.05) is 55.4 Å². The molecular formula is C17H37N. The minimum absolute atomic E-state index is 0.419. The van der Waals surface area contributed by atoms with Gasteiger partial charge in [0.25, 0.3) is 0 Å². The van der Waals surface area contributed by atoms with Gasteiger partial charge in [-0.15, -0.1) is 0 Å². The highest BCUT2D eigenvalue weighted by molar-refractivity contribution is 4.83. The summed E-state index contributed by atoms with van der Waals surface area (Å²) in [5.41, 5.74) is 6.92. The van der Waals surface area contributed by atoms with Gasteiger partial charge in [-0.05, 0) is 54.4 Å². The van der Waals surface area contributed by atoms with E-state index in [9.17, 15) is 0 Å². The Kier molecular flexibility index (Phi) is 6.40. The highest BCUT2D eigenvalue weighted by Gasteiger charge is 2.32. The summed E-state index contributed by atoms with van der Waals surface area (Å²) in [6.07, 6.45) is 5.03. The van der Waals surface area contributed by atoms with Crippen LogP contribution in [-0.2, 0) is 0 Å². The van der Waals surface area contributed by atoms with E-state index in [1.54, 1.807) is 0 Å². The van der Waals surface area contributed by atoms with E-state index in [2.05, 4.69) is 55.4 Å². The summed E-state index contributed by atoms with van der Waals surface area (Å²) in [5, 5.41) is 0. The van der Waals surface area contributed by atoms with Crippen LogP contribution < -0.4 is 5.73 Å². The molecule has 0 saturated carbocycles. The molecule has 1 heteroatoms. The molecule has 0 aromatic carbocycles. The van der Waals surface area contributed by atoms with E-state index in [0.29, 0.717) is 16.2 Å². The minimum Gasteiger partial charge on any atom is -0.330 e. The Morgan fingerprint density at radius 1 is 0.833 bits per heavy atom. The maximum Gasteiger partial charge on any atom is -0.00747 e. The van der Waals surface area contributed by atoms with Gasteiger partial charge in [-0.3, -0.25) is 0 Å². The standard InChI is InChI=1S/C17H37N/c1-14(9-10-18)11-16(5,6)13-17(7,8)12-15(2,3)4/h14H,9-13,18H2,1-8H3. The lowest BCUT2D eigenvalue weighted by molar-refractivity contribution is 0.115. The fourth-order valence-corrected chi connectivity index (χ4v) is 4.20. The Balaban J connectivity index is 4.45. The van der Waals surface area contributed by atoms with Crippen LogP contribution in [0.25, 0.3) is 0 Å². The summed E-state index contributed by atoms with van der Waals surface area (Å²) < 4.78 is 0. The lowest BCUT2D eigenvalue weighted by atomic mass is 9.66. The van der Waals surface area contributed by atoms with Gasteiger partial charge in [-0.2, -0.15) is 0 Å². The average molecular weight is 255 g/mol. The molecule has 0 amide bonds. The third kappa shape index (κ3) is 8.97. The third-order valence-corrected chi connectivity index (χ3v) is 3.53. The summed E-state index contributed by atoms with van der Waals surface area (Å²) in [7, 11) is 0. The summed E-state index contributed by atoms with van der Waals surface area (Å²) >= 11 is 0. The molecular weight excluding hydrogens is 218 g/mol. The zero-order chi connectivity index (χ0) is 14.6. The Hall–Kier alpha value is -0.0400. The van der Waals surface area contributed by atoms with E-state index in [4.69, 9.17) is 5.73 Å². The molecule has 0 rings (SSSR count). The van der Waals surface area contributed by atoms with Crippen molar-refractivity contribution in [2.75, 3.05) is 6.54 Å². The van der Waals surface area contributed by atoms with Crippen molar-refractivity contribution in [3.05, 3.63) is 0 Å². The third-order valence-electron chi connectivity index (χ3n) is 3.53. The largest absolute Gasteiger partial charge is 0.330 e. The Bertz CT molecular complexity index is 232. The van der Waals surface area contributed by atoms with Crippen LogP contribution in [0, 0.1) is 22.2 Å². The number of nitrogens with two attached hydrogens (primary N) is 1. The molecule has 0 fully saturated rings. The molecule has 0 heterocycles. The van der Waals surface area contributed by atoms with Crippen molar-refractivity contribution in [1.82, 2.24) is 0 Å². The van der Waals surface area contributed by atoms with Crippen LogP contribution in [0.2, 0.25) is 0 Å². The smallest absolute Gasteiger partial charge is 0.00747 e. The van der Waals surface area contributed by atoms with Gasteiger partial charge in [0, 0.05) is 0 Å². The lowest BCUT2D eigenvalue weighted by Gasteiger charge is -2.40. The van der Waals surface area contributed by atoms with Crippen LogP contribution in [0.3, 0.4) is 0 Å². The van der Waals surface area contributed by atoms with E-state index in [1.807, 2.05) is 0 Å². The first kappa shape index (κ1) is 18.0. The fourth-order valence-electron chi connectivity index (χ4n) is 4.20. The van der Waals surface area contributed by atoms with Crippen molar-refractivity contribution in [2.45, 2.75) is 81.1 Å². The van der Waals surface area contributed by atoms with E-state index in [-0.39, 0.29) is 0 Å². The van der Waals surface area contributed by atoms with E-state index < -0.39 is 0 Å². The van der Waals surface area contributed by atoms with Crippen molar-refractivity contribution < 1.29 is 0 Å². The van der Waals surface area contributed by atoms with E-state index in [0.717, 1.165) is 18.9 Å². The summed E-state index contributed by atoms with van der Waals surface area (Å²) in [6.45, 7) is 19.9. The van der Waals surface area contributed by atoms with Gasteiger partial charge in [0.1, 0.15) is 0 Å². The number of hydrogen-bond donors (Lipinski definition) is 1. The van der Waals surface area contributed by atoms with Gasteiger partial charge in [0.15, 0.2) is 0 Å². The zero-order valence-corrected chi connectivity index (χ0v) is 14.2. The number of rotatable bonds is 7. The van der Waals surface area contributed by atoms with Crippen molar-refractivity contribution in [3.63, 3.8) is 0 Å². The van der Waals surface area contributed by atoms with Gasteiger partial charge < -0.3 is 5.73 Å². The first-order valence-electron chi connectivity index (χ1n) is 7.57. The maximum atomic E-state index is 5.66. The second kappa shape index (κ2) is 6.41. The van der Waals surface area contributed by atoms with Gasteiger partial charge >= 0.3 is 0 Å². The van der Waals surface area contributed by atoms with Crippen LogP contribution in [0.4, 0.5) is 0 Å². The quantitative estimate of drug-likeness (QED) is 0.661. The molecule has 0 radical (unpaired) electrons. The second-order valence-corrected chi connectivity index (χ2v) is 9.13. The van der Waals surface area contributed by atoms with Gasteiger partial charge in [0.2, 0.25) is 0 Å². The highest BCUT2D eigenvalue weighted by atomic mass is 14.5. The van der Waals surface area contributed by atoms with Crippen LogP contribution >= 0.6 is 0 Å². The molecule has 0 aliphatic carbocycles. The van der Waals surface area contributed by atoms with Gasteiger partial charge in [-0.25, -0.2) is 0 Å². The molecule has 18 heavy (non-hydrogen) atoms. The number of hydrogen-bond acceptors (Lipinski definition) is 1. The predicted octanol–water partition coefficient (Wildman–Crippen LogP) is 5.24. The summed E-state index contributed by atoms with van der Waals surface area (Å²) in [6, 6.07) is 0. The van der Waals surface area contributed by atoms with E-state index >= 15 is 0 Å². The average Bonchev–Trinajstić information content (AvgIpc) is 1.93. The zero-order valence-electron chi connectivity index (χ0n) is 14.2. The van der Waals surface area contributed by atoms with Crippen molar-refractivity contribution in [1.29, 1.82) is 0 Å². The fraction of sp³-hybridized carbons (Fsp3) is 1.00. The summed E-state index contributed by atoms with van der Waals surface area (Å²) in [4.78, 5) is 0. The van der Waals surface area contributed by atoms with Crippen LogP contribution in [0.5, 0.6) is 0 Å². The normalized spacial score (nSPS) is 15.8. The first-order valence-corrected chi connectivity index (χ1v) is 7.57. The summed E-state index contributed by atoms with van der Waals surface area (Å²) in [5.74, 6) is 0.746. The molecule has 0 aromatic heterocycles. The van der Waals surface area contributed by atoms with Crippen LogP contribution in [0.1, 0.15) is 81.1 Å². The molecule has 1 atom stereocenters. The molecule has 0 spiro atoms. The minimum atomic E-state index is 0.419. The monoisotopic (exact) mass is 255 g/mol.